The van der Waals surface area contributed by atoms with Crippen LogP contribution in [0.3, 0.4) is 0 Å². The minimum Gasteiger partial charge on any atom is -0.385 e. The number of rotatable bonds is 4. The van der Waals surface area contributed by atoms with Crippen molar-refractivity contribution in [3.05, 3.63) is 29.8 Å². The molecule has 82 valence electrons. The SMILES string of the molecule is CCc1cccc(NCC2CCSC2)c1. The van der Waals surface area contributed by atoms with Crippen molar-refractivity contribution in [3.63, 3.8) is 0 Å². The first kappa shape index (κ1) is 10.9. The Bertz CT molecular complexity index is 305. The van der Waals surface area contributed by atoms with Crippen molar-refractivity contribution < 1.29 is 0 Å². The Hall–Kier alpha value is -0.630. The third-order valence-corrected chi connectivity index (χ3v) is 4.19. The summed E-state index contributed by atoms with van der Waals surface area (Å²) in [5.41, 5.74) is 2.70. The van der Waals surface area contributed by atoms with Gasteiger partial charge >= 0.3 is 0 Å². The summed E-state index contributed by atoms with van der Waals surface area (Å²) in [6.45, 7) is 3.34. The summed E-state index contributed by atoms with van der Waals surface area (Å²) in [5, 5.41) is 3.55. The van der Waals surface area contributed by atoms with Gasteiger partial charge in [0.1, 0.15) is 0 Å². The summed E-state index contributed by atoms with van der Waals surface area (Å²) < 4.78 is 0. The maximum Gasteiger partial charge on any atom is 0.0343 e. The summed E-state index contributed by atoms with van der Waals surface area (Å²) >= 11 is 2.08. The zero-order valence-corrected chi connectivity index (χ0v) is 10.1. The zero-order valence-electron chi connectivity index (χ0n) is 9.33. The van der Waals surface area contributed by atoms with Gasteiger partial charge in [0, 0.05) is 12.2 Å². The minimum absolute atomic E-state index is 0.875. The molecule has 1 unspecified atom stereocenters. The van der Waals surface area contributed by atoms with E-state index in [1.165, 1.54) is 29.2 Å². The van der Waals surface area contributed by atoms with Crippen LogP contribution < -0.4 is 5.32 Å². The summed E-state index contributed by atoms with van der Waals surface area (Å²) in [5.74, 6) is 3.56. The molecular formula is C13H19NS. The predicted octanol–water partition coefficient (Wildman–Crippen LogP) is 3.41. The number of anilines is 1. The topological polar surface area (TPSA) is 12.0 Å². The highest BCUT2D eigenvalue weighted by atomic mass is 32.2. The van der Waals surface area contributed by atoms with Crippen LogP contribution in [0.4, 0.5) is 5.69 Å². The highest BCUT2D eigenvalue weighted by Crippen LogP contribution is 2.23. The van der Waals surface area contributed by atoms with Gasteiger partial charge in [-0.3, -0.25) is 0 Å². The molecule has 0 amide bonds. The number of benzene rings is 1. The molecule has 1 atom stereocenters. The van der Waals surface area contributed by atoms with Crippen molar-refractivity contribution >= 4 is 17.4 Å². The molecule has 1 aromatic carbocycles. The molecule has 15 heavy (non-hydrogen) atoms. The molecule has 0 spiro atoms. The van der Waals surface area contributed by atoms with E-state index in [-0.39, 0.29) is 0 Å². The summed E-state index contributed by atoms with van der Waals surface area (Å²) in [6.07, 6.45) is 2.50. The molecule has 1 nitrogen and oxygen atoms in total. The fourth-order valence-electron chi connectivity index (χ4n) is 1.91. The maximum atomic E-state index is 3.55. The second kappa shape index (κ2) is 5.45. The average Bonchev–Trinajstić information content (AvgIpc) is 2.79. The van der Waals surface area contributed by atoms with E-state index in [9.17, 15) is 0 Å². The third kappa shape index (κ3) is 3.16. The summed E-state index contributed by atoms with van der Waals surface area (Å²) in [6, 6.07) is 8.77. The molecule has 1 saturated heterocycles. The van der Waals surface area contributed by atoms with Gasteiger partial charge in [-0.25, -0.2) is 0 Å². The van der Waals surface area contributed by atoms with E-state index in [2.05, 4.69) is 48.3 Å². The smallest absolute Gasteiger partial charge is 0.0343 e. The van der Waals surface area contributed by atoms with E-state index in [0.717, 1.165) is 18.9 Å². The predicted molar refractivity (Wildman–Crippen MR) is 69.7 cm³/mol. The van der Waals surface area contributed by atoms with Crippen molar-refractivity contribution in [2.24, 2.45) is 5.92 Å². The fraction of sp³-hybridized carbons (Fsp3) is 0.538. The lowest BCUT2D eigenvalue weighted by atomic mass is 10.1. The largest absolute Gasteiger partial charge is 0.385 e. The average molecular weight is 221 g/mol. The number of thioether (sulfide) groups is 1. The van der Waals surface area contributed by atoms with E-state index in [4.69, 9.17) is 0 Å². The molecule has 1 heterocycles. The quantitative estimate of drug-likeness (QED) is 0.836. The highest BCUT2D eigenvalue weighted by Gasteiger charge is 2.14. The number of hydrogen-bond donors (Lipinski definition) is 1. The van der Waals surface area contributed by atoms with Crippen molar-refractivity contribution in [3.8, 4) is 0 Å². The monoisotopic (exact) mass is 221 g/mol. The third-order valence-electron chi connectivity index (χ3n) is 2.95. The van der Waals surface area contributed by atoms with Crippen molar-refractivity contribution in [1.82, 2.24) is 0 Å². The number of hydrogen-bond acceptors (Lipinski definition) is 2. The first-order chi connectivity index (χ1) is 7.38. The van der Waals surface area contributed by atoms with Gasteiger partial charge in [0.2, 0.25) is 0 Å². The van der Waals surface area contributed by atoms with Gasteiger partial charge in [-0.15, -0.1) is 0 Å². The van der Waals surface area contributed by atoms with Gasteiger partial charge in [-0.05, 0) is 48.0 Å². The Morgan fingerprint density at radius 3 is 3.13 bits per heavy atom. The molecule has 0 bridgehead atoms. The minimum atomic E-state index is 0.875. The van der Waals surface area contributed by atoms with Gasteiger partial charge in [0.25, 0.3) is 0 Å². The molecule has 2 rings (SSSR count). The van der Waals surface area contributed by atoms with E-state index in [0.29, 0.717) is 0 Å². The second-order valence-electron chi connectivity index (χ2n) is 4.16. The lowest BCUT2D eigenvalue weighted by Crippen LogP contribution is -2.13. The lowest BCUT2D eigenvalue weighted by Gasteiger charge is -2.11. The maximum absolute atomic E-state index is 3.55. The van der Waals surface area contributed by atoms with Crippen molar-refractivity contribution in [2.75, 3.05) is 23.4 Å². The molecule has 0 aromatic heterocycles. The van der Waals surface area contributed by atoms with Gasteiger partial charge in [0.15, 0.2) is 0 Å². The molecule has 0 saturated carbocycles. The van der Waals surface area contributed by atoms with Crippen LogP contribution in [0.25, 0.3) is 0 Å². The molecule has 1 N–H and O–H groups in total. The van der Waals surface area contributed by atoms with Crippen molar-refractivity contribution in [1.29, 1.82) is 0 Å². The second-order valence-corrected chi connectivity index (χ2v) is 5.31. The number of nitrogens with one attached hydrogen (secondary N) is 1. The molecule has 1 aliphatic heterocycles. The van der Waals surface area contributed by atoms with E-state index in [1.807, 2.05) is 0 Å². The van der Waals surface area contributed by atoms with Gasteiger partial charge in [-0.1, -0.05) is 19.1 Å². The first-order valence-corrected chi connectivity index (χ1v) is 6.94. The molecule has 2 heteroatoms. The summed E-state index contributed by atoms with van der Waals surface area (Å²) in [7, 11) is 0. The van der Waals surface area contributed by atoms with E-state index in [1.54, 1.807) is 0 Å². The molecule has 0 aliphatic carbocycles. The molecule has 1 aliphatic rings. The van der Waals surface area contributed by atoms with Gasteiger partial charge in [-0.2, -0.15) is 11.8 Å². The zero-order chi connectivity index (χ0) is 10.5. The van der Waals surface area contributed by atoms with Crippen LogP contribution in [0.5, 0.6) is 0 Å². The Balaban J connectivity index is 1.86. The Morgan fingerprint density at radius 1 is 1.47 bits per heavy atom. The van der Waals surface area contributed by atoms with Crippen LogP contribution >= 0.6 is 11.8 Å². The van der Waals surface area contributed by atoms with E-state index < -0.39 is 0 Å². The number of aryl methyl sites for hydroxylation is 1. The Morgan fingerprint density at radius 2 is 2.40 bits per heavy atom. The molecule has 1 fully saturated rings. The molecule has 0 radical (unpaired) electrons. The van der Waals surface area contributed by atoms with Crippen LogP contribution in [-0.2, 0) is 6.42 Å². The Labute approximate surface area is 96.7 Å². The fourth-order valence-corrected chi connectivity index (χ4v) is 3.19. The van der Waals surface area contributed by atoms with E-state index >= 15 is 0 Å². The lowest BCUT2D eigenvalue weighted by molar-refractivity contribution is 0.632. The standard InChI is InChI=1S/C13H19NS/c1-2-11-4-3-5-13(8-11)14-9-12-6-7-15-10-12/h3-5,8,12,14H,2,6-7,9-10H2,1H3. The van der Waals surface area contributed by atoms with Crippen LogP contribution in [0, 0.1) is 5.92 Å². The Kier molecular flexibility index (Phi) is 3.95. The van der Waals surface area contributed by atoms with Gasteiger partial charge < -0.3 is 5.32 Å². The molecular weight excluding hydrogens is 202 g/mol. The van der Waals surface area contributed by atoms with Gasteiger partial charge in [0.05, 0.1) is 0 Å². The molecule has 1 aromatic rings. The van der Waals surface area contributed by atoms with Crippen LogP contribution in [0.15, 0.2) is 24.3 Å². The van der Waals surface area contributed by atoms with Crippen molar-refractivity contribution in [2.45, 2.75) is 19.8 Å². The highest BCUT2D eigenvalue weighted by molar-refractivity contribution is 7.99. The van der Waals surface area contributed by atoms with Crippen LogP contribution in [-0.4, -0.2) is 18.1 Å². The first-order valence-electron chi connectivity index (χ1n) is 5.79. The van der Waals surface area contributed by atoms with Crippen LogP contribution in [0.1, 0.15) is 18.9 Å². The summed E-state index contributed by atoms with van der Waals surface area (Å²) in [4.78, 5) is 0. The normalized spacial score (nSPS) is 20.5. The van der Waals surface area contributed by atoms with Crippen LogP contribution in [0.2, 0.25) is 0 Å².